The fraction of sp³-hybridized carbons (Fsp3) is 0.280. The first-order valence-electron chi connectivity index (χ1n) is 10.7. The number of amides is 1. The van der Waals surface area contributed by atoms with Crippen molar-refractivity contribution in [2.45, 2.75) is 45.6 Å². The second kappa shape index (κ2) is 7.67. The summed E-state index contributed by atoms with van der Waals surface area (Å²) in [6, 6.07) is 14.5. The zero-order valence-corrected chi connectivity index (χ0v) is 19.1. The zero-order valence-electron chi connectivity index (χ0n) is 18.3. The molecular formula is C25H23N3O3S. The van der Waals surface area contributed by atoms with Crippen LogP contribution in [0.4, 0.5) is 5.13 Å². The van der Waals surface area contributed by atoms with E-state index in [0.717, 1.165) is 10.6 Å². The summed E-state index contributed by atoms with van der Waals surface area (Å²) in [7, 11) is 0. The van der Waals surface area contributed by atoms with Gasteiger partial charge in [-0.05, 0) is 29.2 Å². The first-order chi connectivity index (χ1) is 15.4. The van der Waals surface area contributed by atoms with Crippen LogP contribution in [-0.2, 0) is 0 Å². The van der Waals surface area contributed by atoms with Crippen molar-refractivity contribution in [3.8, 4) is 0 Å². The Kier molecular flexibility index (Phi) is 4.93. The van der Waals surface area contributed by atoms with Gasteiger partial charge in [-0.15, -0.1) is 10.2 Å². The fourth-order valence-corrected chi connectivity index (χ4v) is 4.93. The summed E-state index contributed by atoms with van der Waals surface area (Å²) >= 11 is 1.37. The number of nitrogens with zero attached hydrogens (tertiary/aromatic N) is 3. The Morgan fingerprint density at radius 2 is 1.66 bits per heavy atom. The molecule has 0 saturated heterocycles. The topological polar surface area (TPSA) is 76.3 Å². The molecule has 2 aromatic carbocycles. The van der Waals surface area contributed by atoms with Gasteiger partial charge in [0.15, 0.2) is 5.43 Å². The van der Waals surface area contributed by atoms with Crippen LogP contribution in [0.1, 0.15) is 77.8 Å². The lowest BCUT2D eigenvalue weighted by Crippen LogP contribution is -2.29. The van der Waals surface area contributed by atoms with Gasteiger partial charge in [-0.2, -0.15) is 0 Å². The lowest BCUT2D eigenvalue weighted by atomic mass is 9.95. The lowest BCUT2D eigenvalue weighted by molar-refractivity contribution is 0.0970. The van der Waals surface area contributed by atoms with Crippen LogP contribution in [0.5, 0.6) is 0 Å². The van der Waals surface area contributed by atoms with Gasteiger partial charge in [0.1, 0.15) is 10.6 Å². The van der Waals surface area contributed by atoms with E-state index in [0.29, 0.717) is 27.6 Å². The SMILES string of the molecule is CC(C)c1ccc([C@@H]2c3c(oc4ccccc4c3=O)C(=O)N2c2nnc(C(C)C)s2)cc1. The Bertz CT molecular complexity index is 1390. The molecule has 162 valence electrons. The van der Waals surface area contributed by atoms with Crippen LogP contribution in [0, 0.1) is 0 Å². The minimum Gasteiger partial charge on any atom is -0.450 e. The molecule has 2 aromatic heterocycles. The number of carbonyl (C=O) groups is 1. The van der Waals surface area contributed by atoms with Gasteiger partial charge >= 0.3 is 0 Å². The molecule has 0 saturated carbocycles. The molecule has 0 unspecified atom stereocenters. The highest BCUT2D eigenvalue weighted by atomic mass is 32.1. The summed E-state index contributed by atoms with van der Waals surface area (Å²) in [6.45, 7) is 8.33. The van der Waals surface area contributed by atoms with Gasteiger partial charge in [0.05, 0.1) is 17.0 Å². The van der Waals surface area contributed by atoms with E-state index in [-0.39, 0.29) is 23.0 Å². The summed E-state index contributed by atoms with van der Waals surface area (Å²) in [6.07, 6.45) is 0. The van der Waals surface area contributed by atoms with E-state index < -0.39 is 6.04 Å². The highest BCUT2D eigenvalue weighted by Crippen LogP contribution is 2.42. The first-order valence-corrected chi connectivity index (χ1v) is 11.5. The van der Waals surface area contributed by atoms with Crippen molar-refractivity contribution in [3.05, 3.63) is 86.2 Å². The molecule has 5 rings (SSSR count). The summed E-state index contributed by atoms with van der Waals surface area (Å²) in [5.74, 6) is 0.274. The van der Waals surface area contributed by atoms with Crippen molar-refractivity contribution in [2.75, 3.05) is 4.90 Å². The van der Waals surface area contributed by atoms with Gasteiger partial charge in [-0.1, -0.05) is 75.4 Å². The third-order valence-electron chi connectivity index (χ3n) is 5.83. The molecule has 4 aromatic rings. The minimum absolute atomic E-state index is 0.0768. The van der Waals surface area contributed by atoms with E-state index in [1.54, 1.807) is 29.2 Å². The van der Waals surface area contributed by atoms with Gasteiger partial charge in [-0.3, -0.25) is 14.5 Å². The van der Waals surface area contributed by atoms with Crippen LogP contribution in [0.15, 0.2) is 57.7 Å². The predicted octanol–water partition coefficient (Wildman–Crippen LogP) is 5.64. The molecular weight excluding hydrogens is 422 g/mol. The number of hydrogen-bond acceptors (Lipinski definition) is 6. The number of fused-ring (bicyclic) bond motifs is 2. The minimum atomic E-state index is -0.618. The van der Waals surface area contributed by atoms with Crippen LogP contribution in [0.3, 0.4) is 0 Å². The molecule has 0 aliphatic carbocycles. The van der Waals surface area contributed by atoms with Crippen LogP contribution in [-0.4, -0.2) is 16.1 Å². The van der Waals surface area contributed by atoms with Gasteiger partial charge in [0, 0.05) is 5.92 Å². The Balaban J connectivity index is 1.75. The molecule has 1 aliphatic heterocycles. The molecule has 1 amide bonds. The van der Waals surface area contributed by atoms with E-state index in [9.17, 15) is 9.59 Å². The highest BCUT2D eigenvalue weighted by Gasteiger charge is 2.45. The van der Waals surface area contributed by atoms with Crippen molar-refractivity contribution in [1.82, 2.24) is 10.2 Å². The van der Waals surface area contributed by atoms with E-state index in [2.05, 4.69) is 24.0 Å². The van der Waals surface area contributed by atoms with Crippen molar-refractivity contribution < 1.29 is 9.21 Å². The normalized spacial score (nSPS) is 15.9. The number of aromatic nitrogens is 2. The molecule has 7 heteroatoms. The molecule has 6 nitrogen and oxygen atoms in total. The van der Waals surface area contributed by atoms with Gasteiger partial charge in [0.2, 0.25) is 10.9 Å². The van der Waals surface area contributed by atoms with Crippen LogP contribution in [0.2, 0.25) is 0 Å². The lowest BCUT2D eigenvalue weighted by Gasteiger charge is -2.22. The summed E-state index contributed by atoms with van der Waals surface area (Å²) in [5.41, 5.74) is 2.59. The highest BCUT2D eigenvalue weighted by molar-refractivity contribution is 7.15. The molecule has 32 heavy (non-hydrogen) atoms. The number of para-hydroxylation sites is 1. The van der Waals surface area contributed by atoms with Crippen LogP contribution < -0.4 is 10.3 Å². The Morgan fingerprint density at radius 1 is 0.938 bits per heavy atom. The molecule has 0 fully saturated rings. The molecule has 0 bridgehead atoms. The molecule has 1 atom stereocenters. The maximum Gasteiger partial charge on any atom is 0.297 e. The van der Waals surface area contributed by atoms with Crippen LogP contribution >= 0.6 is 11.3 Å². The largest absolute Gasteiger partial charge is 0.450 e. The summed E-state index contributed by atoms with van der Waals surface area (Å²) in [5, 5.41) is 10.3. The Labute approximate surface area is 189 Å². The number of benzene rings is 2. The van der Waals surface area contributed by atoms with E-state index in [4.69, 9.17) is 4.42 Å². The number of carbonyl (C=O) groups excluding carboxylic acids is 1. The molecule has 3 heterocycles. The predicted molar refractivity (Wildman–Crippen MR) is 126 cm³/mol. The van der Waals surface area contributed by atoms with E-state index in [1.807, 2.05) is 38.1 Å². The van der Waals surface area contributed by atoms with E-state index in [1.165, 1.54) is 16.9 Å². The second-order valence-corrected chi connectivity index (χ2v) is 9.63. The maximum atomic E-state index is 13.6. The van der Waals surface area contributed by atoms with Gasteiger partial charge in [-0.25, -0.2) is 0 Å². The van der Waals surface area contributed by atoms with Gasteiger partial charge < -0.3 is 4.42 Å². The molecule has 0 N–H and O–H groups in total. The van der Waals surface area contributed by atoms with Crippen molar-refractivity contribution in [1.29, 1.82) is 0 Å². The molecule has 0 radical (unpaired) electrons. The second-order valence-electron chi connectivity index (χ2n) is 8.65. The van der Waals surface area contributed by atoms with Gasteiger partial charge in [0.25, 0.3) is 5.91 Å². The average molecular weight is 446 g/mol. The van der Waals surface area contributed by atoms with E-state index >= 15 is 0 Å². The first kappa shape index (κ1) is 20.6. The quantitative estimate of drug-likeness (QED) is 0.406. The third kappa shape index (κ3) is 3.15. The summed E-state index contributed by atoms with van der Waals surface area (Å²) in [4.78, 5) is 28.7. The number of hydrogen-bond donors (Lipinski definition) is 0. The Hall–Kier alpha value is -3.32. The standard InChI is InChI=1S/C25H23N3O3S/c1-13(2)15-9-11-16(12-10-15)20-19-21(29)17-7-5-6-8-18(17)31-22(19)24(30)28(20)25-27-26-23(32-25)14(3)4/h5-14,20H,1-4H3/t20-/m1/s1. The maximum absolute atomic E-state index is 13.6. The van der Waals surface area contributed by atoms with Crippen molar-refractivity contribution in [3.63, 3.8) is 0 Å². The third-order valence-corrected chi connectivity index (χ3v) is 7.05. The number of rotatable bonds is 4. The zero-order chi connectivity index (χ0) is 22.6. The smallest absolute Gasteiger partial charge is 0.297 e. The Morgan fingerprint density at radius 3 is 2.31 bits per heavy atom. The summed E-state index contributed by atoms with van der Waals surface area (Å²) < 4.78 is 5.98. The number of anilines is 1. The van der Waals surface area contributed by atoms with Crippen molar-refractivity contribution in [2.24, 2.45) is 0 Å². The van der Waals surface area contributed by atoms with Crippen LogP contribution in [0.25, 0.3) is 11.0 Å². The monoisotopic (exact) mass is 445 g/mol. The molecule has 0 spiro atoms. The van der Waals surface area contributed by atoms with Crippen molar-refractivity contribution >= 4 is 33.3 Å². The fourth-order valence-electron chi connectivity index (χ4n) is 4.05. The molecule has 1 aliphatic rings. The average Bonchev–Trinajstić information content (AvgIpc) is 3.38.